The van der Waals surface area contributed by atoms with Gasteiger partial charge < -0.3 is 9.84 Å². The van der Waals surface area contributed by atoms with Crippen LogP contribution in [0, 0.1) is 0 Å². The van der Waals surface area contributed by atoms with Crippen molar-refractivity contribution in [2.45, 2.75) is 6.10 Å². The van der Waals surface area contributed by atoms with E-state index in [4.69, 9.17) is 9.84 Å². The molecule has 1 aliphatic rings. The number of hydrogen-bond donors (Lipinski definition) is 1. The highest BCUT2D eigenvalue weighted by Crippen LogP contribution is 2.19. The van der Waals surface area contributed by atoms with E-state index in [-0.39, 0.29) is 6.61 Å². The quantitative estimate of drug-likeness (QED) is 0.740. The number of nitrogens with zero attached hydrogens (tertiary/aromatic N) is 2. The van der Waals surface area contributed by atoms with Crippen LogP contribution in [0.4, 0.5) is 10.5 Å². The molecular weight excluding hydrogens is 184 g/mol. The van der Waals surface area contributed by atoms with Gasteiger partial charge in [0.15, 0.2) is 0 Å². The molecule has 1 atom stereocenters. The van der Waals surface area contributed by atoms with Gasteiger partial charge in [-0.2, -0.15) is 0 Å². The number of carbonyl (C=O) groups is 1. The fourth-order valence-electron chi connectivity index (χ4n) is 1.34. The average molecular weight is 194 g/mol. The Morgan fingerprint density at radius 3 is 3.14 bits per heavy atom. The number of carbonyl (C=O) groups excluding carboxylic acids is 1. The fraction of sp³-hybridized carbons (Fsp3) is 0.333. The fourth-order valence-corrected chi connectivity index (χ4v) is 1.34. The van der Waals surface area contributed by atoms with Crippen LogP contribution >= 0.6 is 0 Å². The van der Waals surface area contributed by atoms with E-state index in [1.54, 1.807) is 24.5 Å². The van der Waals surface area contributed by atoms with Gasteiger partial charge in [0.1, 0.15) is 6.10 Å². The SMILES string of the molecule is O=C1OC(CO)CN1c1cccnc1. The first-order chi connectivity index (χ1) is 6.81. The number of aliphatic hydroxyl groups is 1. The molecule has 5 heteroatoms. The maximum absolute atomic E-state index is 11.3. The van der Waals surface area contributed by atoms with Crippen LogP contribution in [0.2, 0.25) is 0 Å². The Balaban J connectivity index is 2.17. The second kappa shape index (κ2) is 3.63. The molecule has 0 saturated carbocycles. The number of aliphatic hydroxyl groups excluding tert-OH is 1. The van der Waals surface area contributed by atoms with Crippen LogP contribution in [-0.4, -0.2) is 35.4 Å². The molecule has 1 unspecified atom stereocenters. The number of hydrogen-bond acceptors (Lipinski definition) is 4. The van der Waals surface area contributed by atoms with Crippen LogP contribution in [-0.2, 0) is 4.74 Å². The molecule has 1 N–H and O–H groups in total. The molecule has 2 rings (SSSR count). The average Bonchev–Trinajstić information content (AvgIpc) is 2.61. The minimum Gasteiger partial charge on any atom is -0.441 e. The summed E-state index contributed by atoms with van der Waals surface area (Å²) in [5.41, 5.74) is 0.688. The van der Waals surface area contributed by atoms with E-state index in [1.165, 1.54) is 4.90 Å². The molecule has 1 amide bonds. The van der Waals surface area contributed by atoms with Crippen molar-refractivity contribution in [2.75, 3.05) is 18.1 Å². The number of aromatic nitrogens is 1. The van der Waals surface area contributed by atoms with Crippen molar-refractivity contribution in [3.63, 3.8) is 0 Å². The maximum atomic E-state index is 11.3. The summed E-state index contributed by atoms with van der Waals surface area (Å²) >= 11 is 0. The number of pyridine rings is 1. The van der Waals surface area contributed by atoms with Crippen molar-refractivity contribution in [1.82, 2.24) is 4.98 Å². The topological polar surface area (TPSA) is 62.7 Å². The first-order valence-corrected chi connectivity index (χ1v) is 4.30. The van der Waals surface area contributed by atoms with E-state index in [2.05, 4.69) is 4.98 Å². The molecule has 0 radical (unpaired) electrons. The van der Waals surface area contributed by atoms with E-state index in [1.807, 2.05) is 0 Å². The zero-order chi connectivity index (χ0) is 9.97. The highest BCUT2D eigenvalue weighted by molar-refractivity contribution is 5.89. The first-order valence-electron chi connectivity index (χ1n) is 4.30. The van der Waals surface area contributed by atoms with Gasteiger partial charge in [-0.05, 0) is 12.1 Å². The molecule has 5 nitrogen and oxygen atoms in total. The van der Waals surface area contributed by atoms with Crippen LogP contribution in [0.5, 0.6) is 0 Å². The minimum atomic E-state index is -0.433. The molecule has 0 aromatic carbocycles. The molecular formula is C9H10N2O3. The Labute approximate surface area is 80.9 Å². The van der Waals surface area contributed by atoms with Gasteiger partial charge >= 0.3 is 6.09 Å². The van der Waals surface area contributed by atoms with Crippen LogP contribution in [0.25, 0.3) is 0 Å². The second-order valence-electron chi connectivity index (χ2n) is 3.01. The molecule has 1 fully saturated rings. The normalized spacial score (nSPS) is 21.1. The zero-order valence-corrected chi connectivity index (χ0v) is 7.46. The van der Waals surface area contributed by atoms with E-state index in [0.717, 1.165) is 0 Å². The van der Waals surface area contributed by atoms with Gasteiger partial charge in [-0.15, -0.1) is 0 Å². The molecule has 1 aliphatic heterocycles. The Morgan fingerprint density at radius 1 is 1.71 bits per heavy atom. The van der Waals surface area contributed by atoms with Crippen LogP contribution < -0.4 is 4.90 Å². The largest absolute Gasteiger partial charge is 0.441 e. The Morgan fingerprint density at radius 2 is 2.57 bits per heavy atom. The minimum absolute atomic E-state index is 0.150. The number of cyclic esters (lactones) is 1. The van der Waals surface area contributed by atoms with Crippen molar-refractivity contribution in [2.24, 2.45) is 0 Å². The first kappa shape index (κ1) is 8.96. The van der Waals surface area contributed by atoms with Crippen molar-refractivity contribution < 1.29 is 14.6 Å². The van der Waals surface area contributed by atoms with E-state index >= 15 is 0 Å². The van der Waals surface area contributed by atoms with Crippen molar-refractivity contribution >= 4 is 11.8 Å². The summed E-state index contributed by atoms with van der Waals surface area (Å²) in [4.78, 5) is 16.7. The smallest absolute Gasteiger partial charge is 0.414 e. The van der Waals surface area contributed by atoms with Gasteiger partial charge in [0.05, 0.1) is 25.0 Å². The highest BCUT2D eigenvalue weighted by Gasteiger charge is 2.31. The second-order valence-corrected chi connectivity index (χ2v) is 3.01. The van der Waals surface area contributed by atoms with Crippen molar-refractivity contribution in [3.8, 4) is 0 Å². The van der Waals surface area contributed by atoms with Crippen molar-refractivity contribution in [1.29, 1.82) is 0 Å². The molecule has 14 heavy (non-hydrogen) atoms. The number of amides is 1. The van der Waals surface area contributed by atoms with E-state index in [9.17, 15) is 4.79 Å². The standard InChI is InChI=1S/C9H10N2O3/c12-6-8-5-11(9(13)14-8)7-2-1-3-10-4-7/h1-4,8,12H,5-6H2. The summed E-state index contributed by atoms with van der Waals surface area (Å²) in [6.45, 7) is 0.226. The predicted molar refractivity (Wildman–Crippen MR) is 48.9 cm³/mol. The lowest BCUT2D eigenvalue weighted by molar-refractivity contribution is 0.0963. The van der Waals surface area contributed by atoms with Gasteiger partial charge in [-0.1, -0.05) is 0 Å². The molecule has 74 valence electrons. The number of ether oxygens (including phenoxy) is 1. The summed E-state index contributed by atoms with van der Waals surface area (Å²) in [5.74, 6) is 0. The Bertz CT molecular complexity index is 328. The van der Waals surface area contributed by atoms with Crippen LogP contribution in [0.1, 0.15) is 0 Å². The Hall–Kier alpha value is -1.62. The molecule has 0 aliphatic carbocycles. The summed E-state index contributed by atoms with van der Waals surface area (Å²) in [7, 11) is 0. The Kier molecular flexibility index (Phi) is 2.32. The highest BCUT2D eigenvalue weighted by atomic mass is 16.6. The molecule has 1 aromatic heterocycles. The van der Waals surface area contributed by atoms with Gasteiger partial charge in [-0.25, -0.2) is 4.79 Å². The number of anilines is 1. The third-order valence-electron chi connectivity index (χ3n) is 2.04. The van der Waals surface area contributed by atoms with Crippen LogP contribution in [0.3, 0.4) is 0 Å². The lowest BCUT2D eigenvalue weighted by Gasteiger charge is -2.11. The molecule has 1 saturated heterocycles. The third kappa shape index (κ3) is 1.54. The summed E-state index contributed by atoms with van der Waals surface area (Å²) in [5, 5.41) is 8.83. The maximum Gasteiger partial charge on any atom is 0.414 e. The molecule has 0 spiro atoms. The van der Waals surface area contributed by atoms with Gasteiger partial charge in [-0.3, -0.25) is 9.88 Å². The van der Waals surface area contributed by atoms with Gasteiger partial charge in [0.25, 0.3) is 0 Å². The summed E-state index contributed by atoms with van der Waals surface area (Å²) in [6.07, 6.45) is 2.36. The van der Waals surface area contributed by atoms with Crippen molar-refractivity contribution in [3.05, 3.63) is 24.5 Å². The lowest BCUT2D eigenvalue weighted by Crippen LogP contribution is -2.25. The van der Waals surface area contributed by atoms with Gasteiger partial charge in [0.2, 0.25) is 0 Å². The monoisotopic (exact) mass is 194 g/mol. The van der Waals surface area contributed by atoms with Crippen LogP contribution in [0.15, 0.2) is 24.5 Å². The number of rotatable bonds is 2. The van der Waals surface area contributed by atoms with E-state index < -0.39 is 12.2 Å². The predicted octanol–water partition coefficient (Wildman–Crippen LogP) is 0.399. The summed E-state index contributed by atoms with van der Waals surface area (Å²) in [6, 6.07) is 3.52. The zero-order valence-electron chi connectivity index (χ0n) is 7.46. The third-order valence-corrected chi connectivity index (χ3v) is 2.04. The lowest BCUT2D eigenvalue weighted by atomic mass is 10.3. The molecule has 1 aromatic rings. The van der Waals surface area contributed by atoms with E-state index in [0.29, 0.717) is 12.2 Å². The molecule has 0 bridgehead atoms. The molecule has 2 heterocycles. The summed E-state index contributed by atoms with van der Waals surface area (Å²) < 4.78 is 4.89. The van der Waals surface area contributed by atoms with Gasteiger partial charge in [0, 0.05) is 6.20 Å².